The molecule has 1 heterocycles. The first-order chi connectivity index (χ1) is 6.36. The highest BCUT2D eigenvalue weighted by Gasteiger charge is 1.97. The first kappa shape index (κ1) is 9.53. The number of terminal acetylenes is 1. The second-order valence-corrected chi connectivity index (χ2v) is 2.68. The van der Waals surface area contributed by atoms with Gasteiger partial charge in [-0.2, -0.15) is 5.26 Å². The summed E-state index contributed by atoms with van der Waals surface area (Å²) in [5.41, 5.74) is 0.418. The second kappa shape index (κ2) is 5.15. The van der Waals surface area contributed by atoms with E-state index in [1.165, 1.54) is 12.4 Å². The van der Waals surface area contributed by atoms with Gasteiger partial charge in [0.15, 0.2) is 0 Å². The third-order valence-electron chi connectivity index (χ3n) is 1.03. The molecule has 0 bridgehead atoms. The largest absolute Gasteiger partial charge is 0.295 e. The lowest BCUT2D eigenvalue weighted by Gasteiger charge is -1.95. The molecule has 0 unspecified atom stereocenters. The van der Waals surface area contributed by atoms with Gasteiger partial charge < -0.3 is 0 Å². The molecule has 0 saturated carbocycles. The molecule has 0 aromatic carbocycles. The third kappa shape index (κ3) is 3.12. The molecule has 0 aliphatic heterocycles. The predicted molar refractivity (Wildman–Crippen MR) is 47.4 cm³/mol. The average molecular weight is 191 g/mol. The molecule has 0 atom stereocenters. The van der Waals surface area contributed by atoms with E-state index in [0.717, 1.165) is 12.0 Å². The van der Waals surface area contributed by atoms with Crippen molar-refractivity contribution < 1.29 is 4.18 Å². The summed E-state index contributed by atoms with van der Waals surface area (Å²) in [5, 5.41) is 8.89. The summed E-state index contributed by atoms with van der Waals surface area (Å²) >= 11 is 0.990. The number of rotatable bonds is 3. The fourth-order valence-corrected chi connectivity index (χ4v) is 0.957. The van der Waals surface area contributed by atoms with Crippen LogP contribution in [0, 0.1) is 23.7 Å². The summed E-state index contributed by atoms with van der Waals surface area (Å²) in [5.74, 6) is 2.31. The molecule has 0 saturated heterocycles. The molecule has 0 N–H and O–H groups in total. The number of hydrogen-bond acceptors (Lipinski definition) is 5. The van der Waals surface area contributed by atoms with E-state index in [2.05, 4.69) is 15.9 Å². The van der Waals surface area contributed by atoms with Gasteiger partial charge in [0.25, 0.3) is 0 Å². The van der Waals surface area contributed by atoms with Crippen LogP contribution in [0.1, 0.15) is 5.56 Å². The van der Waals surface area contributed by atoms with E-state index in [-0.39, 0.29) is 6.61 Å². The molecule has 5 heteroatoms. The zero-order chi connectivity index (χ0) is 9.52. The first-order valence-electron chi connectivity index (χ1n) is 3.32. The summed E-state index contributed by atoms with van der Waals surface area (Å²) in [6.45, 7) is 0.202. The maximum atomic E-state index is 8.45. The van der Waals surface area contributed by atoms with Gasteiger partial charge in [0, 0.05) is 12.4 Å². The van der Waals surface area contributed by atoms with Gasteiger partial charge in [0.05, 0.1) is 17.6 Å². The molecule has 64 valence electrons. The van der Waals surface area contributed by atoms with E-state index in [1.54, 1.807) is 0 Å². The Bertz CT molecular complexity index is 349. The molecule has 13 heavy (non-hydrogen) atoms. The van der Waals surface area contributed by atoms with E-state index in [1.807, 2.05) is 6.07 Å². The Labute approximate surface area is 80.2 Å². The van der Waals surface area contributed by atoms with E-state index >= 15 is 0 Å². The van der Waals surface area contributed by atoms with Crippen LogP contribution in [0.25, 0.3) is 0 Å². The van der Waals surface area contributed by atoms with E-state index in [9.17, 15) is 0 Å². The Kier molecular flexibility index (Phi) is 3.77. The highest BCUT2D eigenvalue weighted by Crippen LogP contribution is 2.12. The Hall–Kier alpha value is -1.56. The van der Waals surface area contributed by atoms with Crippen LogP contribution >= 0.6 is 12.0 Å². The SMILES string of the molecule is C#CCOSc1ncc(C#N)cn1. The van der Waals surface area contributed by atoms with Crippen molar-refractivity contribution in [3.63, 3.8) is 0 Å². The number of nitriles is 1. The maximum absolute atomic E-state index is 8.45. The number of aromatic nitrogens is 2. The van der Waals surface area contributed by atoms with Crippen molar-refractivity contribution in [2.75, 3.05) is 6.61 Å². The normalized spacial score (nSPS) is 8.77. The van der Waals surface area contributed by atoms with Gasteiger partial charge in [-0.05, 0) is 0 Å². The van der Waals surface area contributed by atoms with Gasteiger partial charge in [-0.25, -0.2) is 9.97 Å². The van der Waals surface area contributed by atoms with Gasteiger partial charge in [0.2, 0.25) is 5.16 Å². The van der Waals surface area contributed by atoms with Crippen LogP contribution in [-0.4, -0.2) is 16.6 Å². The van der Waals surface area contributed by atoms with Crippen molar-refractivity contribution in [2.24, 2.45) is 0 Å². The summed E-state index contributed by atoms with van der Waals surface area (Å²) in [6.07, 6.45) is 7.82. The smallest absolute Gasteiger partial charge is 0.215 e. The predicted octanol–water partition coefficient (Wildman–Crippen LogP) is 1.01. The van der Waals surface area contributed by atoms with Gasteiger partial charge in [-0.15, -0.1) is 6.42 Å². The average Bonchev–Trinajstić information content (AvgIpc) is 2.19. The Morgan fingerprint density at radius 2 is 2.23 bits per heavy atom. The van der Waals surface area contributed by atoms with Crippen LogP contribution in [0.4, 0.5) is 0 Å². The molecule has 4 nitrogen and oxygen atoms in total. The molecular weight excluding hydrogens is 186 g/mol. The van der Waals surface area contributed by atoms with Crippen molar-refractivity contribution in [3.05, 3.63) is 18.0 Å². The van der Waals surface area contributed by atoms with E-state index in [4.69, 9.17) is 15.9 Å². The van der Waals surface area contributed by atoms with E-state index in [0.29, 0.717) is 10.7 Å². The maximum Gasteiger partial charge on any atom is 0.215 e. The lowest BCUT2D eigenvalue weighted by molar-refractivity contribution is 0.435. The van der Waals surface area contributed by atoms with Crippen LogP contribution in [-0.2, 0) is 4.18 Å². The van der Waals surface area contributed by atoms with Crippen molar-refractivity contribution in [3.8, 4) is 18.4 Å². The number of nitrogens with zero attached hydrogens (tertiary/aromatic N) is 3. The minimum absolute atomic E-state index is 0.202. The van der Waals surface area contributed by atoms with Crippen molar-refractivity contribution >= 4 is 12.0 Å². The second-order valence-electron chi connectivity index (χ2n) is 1.92. The zero-order valence-electron chi connectivity index (χ0n) is 6.60. The fourth-order valence-electron chi connectivity index (χ4n) is 0.533. The molecule has 0 fully saturated rings. The first-order valence-corrected chi connectivity index (χ1v) is 4.06. The van der Waals surface area contributed by atoms with Crippen LogP contribution in [0.15, 0.2) is 17.6 Å². The standard InChI is InChI=1S/C8H5N3OS/c1-2-3-12-13-8-10-5-7(4-9)6-11-8/h1,5-6H,3H2. The molecule has 1 aromatic rings. The van der Waals surface area contributed by atoms with Gasteiger partial charge in [-0.1, -0.05) is 5.92 Å². The summed E-state index contributed by atoms with van der Waals surface area (Å²) in [6, 6.07) is 1.91. The Balaban J connectivity index is 2.52. The molecule has 0 aliphatic carbocycles. The molecule has 0 spiro atoms. The minimum atomic E-state index is 0.202. The lowest BCUT2D eigenvalue weighted by Crippen LogP contribution is -1.89. The van der Waals surface area contributed by atoms with E-state index < -0.39 is 0 Å². The summed E-state index contributed by atoms with van der Waals surface area (Å²) < 4.78 is 4.92. The summed E-state index contributed by atoms with van der Waals surface area (Å²) in [7, 11) is 0. The molecular formula is C8H5N3OS. The quantitative estimate of drug-likeness (QED) is 0.309. The van der Waals surface area contributed by atoms with Gasteiger partial charge in [-0.3, -0.25) is 4.18 Å². The lowest BCUT2D eigenvalue weighted by atomic mass is 10.4. The minimum Gasteiger partial charge on any atom is -0.295 e. The van der Waals surface area contributed by atoms with Crippen molar-refractivity contribution in [1.29, 1.82) is 5.26 Å². The molecule has 0 radical (unpaired) electrons. The number of hydrogen-bond donors (Lipinski definition) is 0. The van der Waals surface area contributed by atoms with Crippen LogP contribution in [0.2, 0.25) is 0 Å². The Morgan fingerprint density at radius 1 is 1.54 bits per heavy atom. The third-order valence-corrected chi connectivity index (χ3v) is 1.63. The van der Waals surface area contributed by atoms with Crippen LogP contribution in [0.5, 0.6) is 0 Å². The summed E-state index contributed by atoms with van der Waals surface area (Å²) in [4.78, 5) is 7.71. The zero-order valence-corrected chi connectivity index (χ0v) is 7.41. The Morgan fingerprint density at radius 3 is 2.77 bits per heavy atom. The van der Waals surface area contributed by atoms with Crippen LogP contribution in [0.3, 0.4) is 0 Å². The fraction of sp³-hybridized carbons (Fsp3) is 0.125. The highest BCUT2D eigenvalue weighted by molar-refractivity contribution is 7.94. The molecule has 0 aliphatic rings. The topological polar surface area (TPSA) is 58.8 Å². The molecule has 1 aromatic heterocycles. The molecule has 0 amide bonds. The monoisotopic (exact) mass is 191 g/mol. The van der Waals surface area contributed by atoms with Crippen LogP contribution < -0.4 is 0 Å². The highest BCUT2D eigenvalue weighted by atomic mass is 32.2. The van der Waals surface area contributed by atoms with Gasteiger partial charge in [0.1, 0.15) is 12.7 Å². The van der Waals surface area contributed by atoms with Gasteiger partial charge >= 0.3 is 0 Å². The molecule has 1 rings (SSSR count). The van der Waals surface area contributed by atoms with Crippen molar-refractivity contribution in [2.45, 2.75) is 5.16 Å². The van der Waals surface area contributed by atoms with Crippen molar-refractivity contribution in [1.82, 2.24) is 9.97 Å².